The molecule has 1 atom stereocenters. The summed E-state index contributed by atoms with van der Waals surface area (Å²) in [7, 11) is 0. The van der Waals surface area contributed by atoms with Gasteiger partial charge in [0, 0.05) is 5.56 Å². The molecular weight excluding hydrogens is 264 g/mol. The number of aryl methyl sites for hydroxylation is 2. The van der Waals surface area contributed by atoms with Crippen molar-refractivity contribution in [1.29, 1.82) is 0 Å². The fourth-order valence-corrected chi connectivity index (χ4v) is 2.36. The van der Waals surface area contributed by atoms with Crippen molar-refractivity contribution >= 4 is 11.7 Å². The summed E-state index contributed by atoms with van der Waals surface area (Å²) in [6, 6.07) is 5.52. The number of carbonyl (C=O) groups is 2. The lowest BCUT2D eigenvalue weighted by atomic mass is 9.97. The number of ketones is 1. The standard InChI is InChI=1S/C17H26N2O2/c1-5-6-9-19(11-16(18)20)14(4)17(21)15-10-12(2)7-8-13(15)3/h7-8,10,14H,5-6,9,11H2,1-4H3,(H2,18,20). The zero-order chi connectivity index (χ0) is 16.0. The first-order valence-electron chi connectivity index (χ1n) is 7.50. The van der Waals surface area contributed by atoms with E-state index in [0.717, 1.165) is 29.5 Å². The van der Waals surface area contributed by atoms with Crippen LogP contribution in [0.1, 0.15) is 48.2 Å². The van der Waals surface area contributed by atoms with Crippen molar-refractivity contribution in [3.05, 3.63) is 34.9 Å². The van der Waals surface area contributed by atoms with Crippen molar-refractivity contribution in [2.45, 2.75) is 46.6 Å². The van der Waals surface area contributed by atoms with Gasteiger partial charge < -0.3 is 5.73 Å². The van der Waals surface area contributed by atoms with Crippen molar-refractivity contribution in [2.75, 3.05) is 13.1 Å². The molecule has 0 saturated carbocycles. The van der Waals surface area contributed by atoms with Crippen LogP contribution in [0.4, 0.5) is 0 Å². The monoisotopic (exact) mass is 290 g/mol. The molecule has 4 heteroatoms. The second-order valence-electron chi connectivity index (χ2n) is 5.65. The number of amides is 1. The van der Waals surface area contributed by atoms with E-state index in [2.05, 4.69) is 6.92 Å². The van der Waals surface area contributed by atoms with E-state index in [1.54, 1.807) is 0 Å². The smallest absolute Gasteiger partial charge is 0.231 e. The summed E-state index contributed by atoms with van der Waals surface area (Å²) in [4.78, 5) is 25.8. The van der Waals surface area contributed by atoms with Gasteiger partial charge in [0.05, 0.1) is 12.6 Å². The number of hydrogen-bond donors (Lipinski definition) is 1. The Balaban J connectivity index is 2.95. The summed E-state index contributed by atoms with van der Waals surface area (Å²) in [5.41, 5.74) is 8.06. The fourth-order valence-electron chi connectivity index (χ4n) is 2.36. The van der Waals surface area contributed by atoms with Gasteiger partial charge in [0.2, 0.25) is 5.91 Å². The molecule has 4 nitrogen and oxygen atoms in total. The number of Topliss-reactive ketones (excluding diaryl/α,β-unsaturated/α-hetero) is 1. The first-order chi connectivity index (χ1) is 9.86. The molecule has 0 spiro atoms. The maximum Gasteiger partial charge on any atom is 0.231 e. The summed E-state index contributed by atoms with van der Waals surface area (Å²) in [5.74, 6) is -0.347. The quantitative estimate of drug-likeness (QED) is 0.748. The highest BCUT2D eigenvalue weighted by Gasteiger charge is 2.24. The van der Waals surface area contributed by atoms with Gasteiger partial charge in [0.1, 0.15) is 0 Å². The first-order valence-corrected chi connectivity index (χ1v) is 7.50. The third kappa shape index (κ3) is 4.97. The van der Waals surface area contributed by atoms with Crippen LogP contribution in [0.5, 0.6) is 0 Å². The van der Waals surface area contributed by atoms with Gasteiger partial charge in [-0.2, -0.15) is 0 Å². The first kappa shape index (κ1) is 17.4. The summed E-state index contributed by atoms with van der Waals surface area (Å²) in [6.07, 6.45) is 1.96. The summed E-state index contributed by atoms with van der Waals surface area (Å²) in [5, 5.41) is 0. The van der Waals surface area contributed by atoms with Gasteiger partial charge in [-0.3, -0.25) is 14.5 Å². The number of rotatable bonds is 8. The molecule has 1 aromatic carbocycles. The SMILES string of the molecule is CCCCN(CC(N)=O)C(C)C(=O)c1cc(C)ccc1C. The number of hydrogen-bond acceptors (Lipinski definition) is 3. The maximum absolute atomic E-state index is 12.7. The highest BCUT2D eigenvalue weighted by molar-refractivity contribution is 6.01. The molecule has 1 rings (SSSR count). The number of benzene rings is 1. The second-order valence-corrected chi connectivity index (χ2v) is 5.65. The van der Waals surface area contributed by atoms with Crippen molar-refractivity contribution in [3.8, 4) is 0 Å². The molecule has 1 unspecified atom stereocenters. The molecule has 0 bridgehead atoms. The third-order valence-electron chi connectivity index (χ3n) is 3.74. The Hall–Kier alpha value is -1.68. The second kappa shape index (κ2) is 7.93. The van der Waals surface area contributed by atoms with Gasteiger partial charge >= 0.3 is 0 Å². The Kier molecular flexibility index (Phi) is 6.56. The van der Waals surface area contributed by atoms with E-state index in [9.17, 15) is 9.59 Å². The topological polar surface area (TPSA) is 63.4 Å². The number of carbonyl (C=O) groups excluding carboxylic acids is 2. The highest BCUT2D eigenvalue weighted by Crippen LogP contribution is 2.16. The number of nitrogens with zero attached hydrogens (tertiary/aromatic N) is 1. The van der Waals surface area contributed by atoms with Crippen LogP contribution in [-0.4, -0.2) is 35.7 Å². The van der Waals surface area contributed by atoms with E-state index in [1.165, 1.54) is 0 Å². The normalized spacial score (nSPS) is 12.4. The van der Waals surface area contributed by atoms with Gasteiger partial charge in [-0.15, -0.1) is 0 Å². The van der Waals surface area contributed by atoms with Crippen LogP contribution in [-0.2, 0) is 4.79 Å². The fraction of sp³-hybridized carbons (Fsp3) is 0.529. The van der Waals surface area contributed by atoms with Crippen molar-refractivity contribution < 1.29 is 9.59 Å². The Morgan fingerprint density at radius 2 is 1.95 bits per heavy atom. The predicted molar refractivity (Wildman–Crippen MR) is 85.4 cm³/mol. The van der Waals surface area contributed by atoms with E-state index in [-0.39, 0.29) is 18.4 Å². The van der Waals surface area contributed by atoms with Crippen LogP contribution in [0.3, 0.4) is 0 Å². The average molecular weight is 290 g/mol. The van der Waals surface area contributed by atoms with Gasteiger partial charge in [-0.1, -0.05) is 31.0 Å². The minimum atomic E-state index is -0.397. The molecule has 21 heavy (non-hydrogen) atoms. The molecule has 0 aromatic heterocycles. The van der Waals surface area contributed by atoms with Gasteiger partial charge in [0.15, 0.2) is 5.78 Å². The molecule has 1 aromatic rings. The average Bonchev–Trinajstić information content (AvgIpc) is 2.44. The summed E-state index contributed by atoms with van der Waals surface area (Å²) >= 11 is 0. The number of primary amides is 1. The lowest BCUT2D eigenvalue weighted by Gasteiger charge is -2.27. The van der Waals surface area contributed by atoms with E-state index in [1.807, 2.05) is 43.9 Å². The molecule has 0 fully saturated rings. The molecular formula is C17H26N2O2. The zero-order valence-corrected chi connectivity index (χ0v) is 13.5. The third-order valence-corrected chi connectivity index (χ3v) is 3.74. The Labute approximate surface area is 127 Å². The molecule has 0 heterocycles. The van der Waals surface area contributed by atoms with Crippen LogP contribution < -0.4 is 5.73 Å². The lowest BCUT2D eigenvalue weighted by molar-refractivity contribution is -0.119. The molecule has 0 aliphatic carbocycles. The van der Waals surface area contributed by atoms with E-state index < -0.39 is 5.91 Å². The van der Waals surface area contributed by atoms with Crippen LogP contribution in [0.15, 0.2) is 18.2 Å². The van der Waals surface area contributed by atoms with Crippen LogP contribution in [0, 0.1) is 13.8 Å². The van der Waals surface area contributed by atoms with Crippen LogP contribution in [0.25, 0.3) is 0 Å². The molecule has 0 saturated heterocycles. The Morgan fingerprint density at radius 1 is 1.29 bits per heavy atom. The summed E-state index contributed by atoms with van der Waals surface area (Å²) < 4.78 is 0. The van der Waals surface area contributed by atoms with Crippen molar-refractivity contribution in [3.63, 3.8) is 0 Å². The molecule has 0 radical (unpaired) electrons. The van der Waals surface area contributed by atoms with Crippen LogP contribution >= 0.6 is 0 Å². The van der Waals surface area contributed by atoms with Gasteiger partial charge in [0.25, 0.3) is 0 Å². The minimum Gasteiger partial charge on any atom is -0.369 e. The van der Waals surface area contributed by atoms with E-state index in [4.69, 9.17) is 5.73 Å². The van der Waals surface area contributed by atoms with Crippen molar-refractivity contribution in [2.24, 2.45) is 5.73 Å². The number of unbranched alkanes of at least 4 members (excludes halogenated alkanes) is 1. The van der Waals surface area contributed by atoms with Crippen LogP contribution in [0.2, 0.25) is 0 Å². The molecule has 116 valence electrons. The van der Waals surface area contributed by atoms with E-state index in [0.29, 0.717) is 6.54 Å². The molecule has 0 aliphatic heterocycles. The minimum absolute atomic E-state index is 0.0496. The maximum atomic E-state index is 12.7. The number of nitrogens with two attached hydrogens (primary N) is 1. The van der Waals surface area contributed by atoms with Crippen molar-refractivity contribution in [1.82, 2.24) is 4.90 Å². The lowest BCUT2D eigenvalue weighted by Crippen LogP contribution is -2.44. The largest absolute Gasteiger partial charge is 0.369 e. The Bertz CT molecular complexity index is 512. The van der Waals surface area contributed by atoms with Gasteiger partial charge in [-0.05, 0) is 45.4 Å². The predicted octanol–water partition coefficient (Wildman–Crippen LogP) is 2.46. The van der Waals surface area contributed by atoms with E-state index >= 15 is 0 Å². The highest BCUT2D eigenvalue weighted by atomic mass is 16.1. The molecule has 2 N–H and O–H groups in total. The van der Waals surface area contributed by atoms with Gasteiger partial charge in [-0.25, -0.2) is 0 Å². The summed E-state index contributed by atoms with van der Waals surface area (Å²) in [6.45, 7) is 8.67. The molecule has 0 aliphatic rings. The zero-order valence-electron chi connectivity index (χ0n) is 13.5. The Morgan fingerprint density at radius 3 is 2.52 bits per heavy atom. The molecule has 1 amide bonds.